The number of nitrogens with zero attached hydrogens (tertiary/aromatic N) is 2. The number of fused-ring (bicyclic) bond motifs is 5. The van der Waals surface area contributed by atoms with Crippen LogP contribution in [0.15, 0.2) is 29.1 Å². The topological polar surface area (TPSA) is 87.5 Å². The minimum Gasteiger partial charge on any atom is -0.457 e. The van der Waals surface area contributed by atoms with E-state index in [2.05, 4.69) is 19.9 Å². The predicted molar refractivity (Wildman–Crippen MR) is 118 cm³/mol. The highest BCUT2D eigenvalue weighted by Gasteiger charge is 2.47. The fourth-order valence-corrected chi connectivity index (χ4v) is 4.82. The number of hydrogen-bond donors (Lipinski definition) is 0. The number of esters is 2. The molecule has 2 aliphatic heterocycles. The molecule has 0 bridgehead atoms. The summed E-state index contributed by atoms with van der Waals surface area (Å²) in [6.07, 6.45) is 0.915. The number of aryl methyl sites for hydroxylation is 2. The molecule has 0 radical (unpaired) electrons. The molecular formula is C25H24N2O5. The van der Waals surface area contributed by atoms with Crippen LogP contribution in [0.3, 0.4) is 0 Å². The zero-order valence-electron chi connectivity index (χ0n) is 18.6. The Morgan fingerprint density at radius 3 is 2.72 bits per heavy atom. The van der Waals surface area contributed by atoms with E-state index in [1.807, 2.05) is 12.1 Å². The number of ether oxygens (including phenoxy) is 2. The van der Waals surface area contributed by atoms with E-state index < -0.39 is 17.5 Å². The lowest BCUT2D eigenvalue weighted by Gasteiger charge is -2.33. The standard InChI is InChI=1S/C25H24N2O5/c1-5-14-15-9-13(3)7-8-19(15)26-22-16(14)11-27-20(22)10-18-17(23(27)29)12-31-24(30)25(18,4)32-21(28)6-2/h7-10H,5-6,11-12H2,1-4H3/t25-/m0/s1. The highest BCUT2D eigenvalue weighted by molar-refractivity contribution is 5.90. The molecule has 2 aliphatic rings. The summed E-state index contributed by atoms with van der Waals surface area (Å²) in [5.74, 6) is -1.21. The molecule has 1 aromatic carbocycles. The summed E-state index contributed by atoms with van der Waals surface area (Å²) >= 11 is 0. The van der Waals surface area contributed by atoms with Gasteiger partial charge < -0.3 is 14.0 Å². The Labute approximate surface area is 185 Å². The molecule has 5 rings (SSSR count). The molecule has 0 unspecified atom stereocenters. The highest BCUT2D eigenvalue weighted by atomic mass is 16.6. The average molecular weight is 432 g/mol. The summed E-state index contributed by atoms with van der Waals surface area (Å²) in [6, 6.07) is 7.92. The Morgan fingerprint density at radius 1 is 1.22 bits per heavy atom. The SMILES string of the molecule is CCC(=O)O[C@]1(C)C(=O)OCc2c1cc1n(c2=O)Cc2c-1nc1ccc(C)cc1c2CC. The van der Waals surface area contributed by atoms with Crippen LogP contribution < -0.4 is 5.56 Å². The third kappa shape index (κ3) is 2.73. The first kappa shape index (κ1) is 20.4. The van der Waals surface area contributed by atoms with Crippen molar-refractivity contribution in [2.75, 3.05) is 0 Å². The molecule has 0 aliphatic carbocycles. The average Bonchev–Trinajstić information content (AvgIpc) is 3.14. The zero-order valence-corrected chi connectivity index (χ0v) is 18.6. The summed E-state index contributed by atoms with van der Waals surface area (Å²) < 4.78 is 12.5. The fourth-order valence-electron chi connectivity index (χ4n) is 4.82. The van der Waals surface area contributed by atoms with Crippen LogP contribution in [0.5, 0.6) is 0 Å². The summed E-state index contributed by atoms with van der Waals surface area (Å²) in [4.78, 5) is 43.1. The highest BCUT2D eigenvalue weighted by Crippen LogP contribution is 2.40. The van der Waals surface area contributed by atoms with Crippen molar-refractivity contribution in [2.24, 2.45) is 0 Å². The number of aromatic nitrogens is 2. The van der Waals surface area contributed by atoms with E-state index in [1.165, 1.54) is 12.5 Å². The van der Waals surface area contributed by atoms with Gasteiger partial charge >= 0.3 is 11.9 Å². The predicted octanol–water partition coefficient (Wildman–Crippen LogP) is 3.52. The number of rotatable bonds is 3. The lowest BCUT2D eigenvalue weighted by atomic mass is 9.89. The van der Waals surface area contributed by atoms with E-state index in [1.54, 1.807) is 17.6 Å². The number of benzene rings is 1. The van der Waals surface area contributed by atoms with Gasteiger partial charge in [-0.25, -0.2) is 9.78 Å². The molecular weight excluding hydrogens is 408 g/mol. The third-order valence-corrected chi connectivity index (χ3v) is 6.53. The summed E-state index contributed by atoms with van der Waals surface area (Å²) in [7, 11) is 0. The van der Waals surface area contributed by atoms with Crippen molar-refractivity contribution in [1.82, 2.24) is 9.55 Å². The lowest BCUT2D eigenvalue weighted by molar-refractivity contribution is -0.186. The second-order valence-electron chi connectivity index (χ2n) is 8.54. The van der Waals surface area contributed by atoms with Crippen molar-refractivity contribution in [3.8, 4) is 11.4 Å². The number of carbonyl (C=O) groups excluding carboxylic acids is 2. The van der Waals surface area contributed by atoms with E-state index >= 15 is 0 Å². The van der Waals surface area contributed by atoms with E-state index in [-0.39, 0.29) is 18.6 Å². The van der Waals surface area contributed by atoms with Crippen LogP contribution in [-0.2, 0) is 44.2 Å². The van der Waals surface area contributed by atoms with E-state index in [0.717, 1.165) is 34.1 Å². The van der Waals surface area contributed by atoms with Crippen molar-refractivity contribution in [3.63, 3.8) is 0 Å². The molecule has 3 aromatic rings. The summed E-state index contributed by atoms with van der Waals surface area (Å²) in [6.45, 7) is 7.56. The Morgan fingerprint density at radius 2 is 2.00 bits per heavy atom. The van der Waals surface area contributed by atoms with E-state index in [4.69, 9.17) is 14.5 Å². The van der Waals surface area contributed by atoms with Crippen LogP contribution in [0, 0.1) is 6.92 Å². The Hall–Kier alpha value is -3.48. The minimum absolute atomic E-state index is 0.109. The van der Waals surface area contributed by atoms with Gasteiger partial charge in [-0.3, -0.25) is 9.59 Å². The molecule has 7 nitrogen and oxygen atoms in total. The molecule has 4 heterocycles. The van der Waals surface area contributed by atoms with Crippen LogP contribution in [0.25, 0.3) is 22.3 Å². The van der Waals surface area contributed by atoms with Crippen LogP contribution >= 0.6 is 0 Å². The quantitative estimate of drug-likeness (QED) is 0.461. The molecule has 0 N–H and O–H groups in total. The maximum absolute atomic E-state index is 13.5. The van der Waals surface area contributed by atoms with Gasteiger partial charge in [0.2, 0.25) is 5.60 Å². The first-order valence-electron chi connectivity index (χ1n) is 10.9. The van der Waals surface area contributed by atoms with Gasteiger partial charge in [0.1, 0.15) is 6.61 Å². The van der Waals surface area contributed by atoms with Gasteiger partial charge in [0, 0.05) is 22.9 Å². The van der Waals surface area contributed by atoms with Gasteiger partial charge in [-0.1, -0.05) is 25.5 Å². The van der Waals surface area contributed by atoms with Crippen molar-refractivity contribution < 1.29 is 19.1 Å². The van der Waals surface area contributed by atoms with Gasteiger partial charge in [-0.2, -0.15) is 0 Å². The van der Waals surface area contributed by atoms with Crippen LogP contribution in [-0.4, -0.2) is 21.5 Å². The summed E-state index contributed by atoms with van der Waals surface area (Å²) in [5, 5.41) is 1.09. The molecule has 1 atom stereocenters. The van der Waals surface area contributed by atoms with Gasteiger partial charge in [-0.15, -0.1) is 0 Å². The Kier molecular flexibility index (Phi) is 4.48. The number of pyridine rings is 2. The molecule has 0 fully saturated rings. The van der Waals surface area contributed by atoms with Crippen molar-refractivity contribution in [2.45, 2.75) is 59.3 Å². The second kappa shape index (κ2) is 7.02. The van der Waals surface area contributed by atoms with Crippen LogP contribution in [0.2, 0.25) is 0 Å². The number of carbonyl (C=O) groups is 2. The van der Waals surface area contributed by atoms with Gasteiger partial charge in [-0.05, 0) is 44.0 Å². The maximum atomic E-state index is 13.5. The lowest BCUT2D eigenvalue weighted by Crippen LogP contribution is -2.45. The normalized spacial score (nSPS) is 18.7. The monoisotopic (exact) mass is 432 g/mol. The molecule has 2 aromatic heterocycles. The van der Waals surface area contributed by atoms with Crippen molar-refractivity contribution in [1.29, 1.82) is 0 Å². The zero-order chi connectivity index (χ0) is 22.8. The molecule has 0 saturated heterocycles. The third-order valence-electron chi connectivity index (χ3n) is 6.53. The smallest absolute Gasteiger partial charge is 0.355 e. The second-order valence-corrected chi connectivity index (χ2v) is 8.54. The van der Waals surface area contributed by atoms with Crippen molar-refractivity contribution >= 4 is 22.8 Å². The first-order chi connectivity index (χ1) is 15.3. The van der Waals surface area contributed by atoms with Crippen LogP contribution in [0.1, 0.15) is 55.0 Å². The minimum atomic E-state index is -1.67. The van der Waals surface area contributed by atoms with Crippen LogP contribution in [0.4, 0.5) is 0 Å². The maximum Gasteiger partial charge on any atom is 0.355 e. The summed E-state index contributed by atoms with van der Waals surface area (Å²) in [5.41, 5.74) is 4.38. The van der Waals surface area contributed by atoms with Gasteiger partial charge in [0.05, 0.1) is 29.0 Å². The molecule has 32 heavy (non-hydrogen) atoms. The van der Waals surface area contributed by atoms with E-state index in [9.17, 15) is 14.4 Å². The van der Waals surface area contributed by atoms with E-state index in [0.29, 0.717) is 23.4 Å². The Balaban J connectivity index is 1.78. The molecule has 0 saturated carbocycles. The van der Waals surface area contributed by atoms with Gasteiger partial charge in [0.15, 0.2) is 0 Å². The first-order valence-corrected chi connectivity index (χ1v) is 10.9. The van der Waals surface area contributed by atoms with Gasteiger partial charge in [0.25, 0.3) is 5.56 Å². The Bertz CT molecular complexity index is 1390. The largest absolute Gasteiger partial charge is 0.457 e. The number of cyclic esters (lactones) is 1. The molecule has 0 spiro atoms. The number of hydrogen-bond acceptors (Lipinski definition) is 6. The molecule has 7 heteroatoms. The molecule has 164 valence electrons. The van der Waals surface area contributed by atoms with Crippen molar-refractivity contribution in [3.05, 3.63) is 62.4 Å². The molecule has 0 amide bonds. The fraction of sp³-hybridized carbons (Fsp3) is 0.360.